The predicted molar refractivity (Wildman–Crippen MR) is 126 cm³/mol. The van der Waals surface area contributed by atoms with Crippen molar-refractivity contribution in [2.75, 3.05) is 7.11 Å². The Labute approximate surface area is 198 Å². The number of rotatable bonds is 6. The van der Waals surface area contributed by atoms with E-state index in [1.165, 1.54) is 42.2 Å². The van der Waals surface area contributed by atoms with E-state index >= 15 is 0 Å². The molecule has 6 nitrogen and oxygen atoms in total. The zero-order valence-electron chi connectivity index (χ0n) is 19.0. The number of aromatic carboxylic acids is 1. The number of fused-ring (bicyclic) bond motifs is 1. The summed E-state index contributed by atoms with van der Waals surface area (Å²) in [5.74, 6) is -4.38. The molecule has 1 aromatic heterocycles. The van der Waals surface area contributed by atoms with Gasteiger partial charge in [-0.2, -0.15) is 0 Å². The summed E-state index contributed by atoms with van der Waals surface area (Å²) in [5, 5.41) is 24.2. The minimum Gasteiger partial charge on any atom is -0.507 e. The summed E-state index contributed by atoms with van der Waals surface area (Å²) in [6.45, 7) is 3.56. The molecule has 4 aromatic rings. The number of carboxylic acids is 1. The molecule has 0 unspecified atom stereocenters. The number of nitrogens with zero attached hydrogens (tertiary/aromatic N) is 2. The lowest BCUT2D eigenvalue weighted by Gasteiger charge is -2.25. The maximum absolute atomic E-state index is 14.5. The van der Waals surface area contributed by atoms with Crippen LogP contribution in [0.15, 0.2) is 59.8 Å². The Kier molecular flexibility index (Phi) is 6.02. The molecular weight excluding hydrogens is 461 g/mol. The van der Waals surface area contributed by atoms with Crippen LogP contribution in [-0.2, 0) is 10.3 Å². The van der Waals surface area contributed by atoms with Crippen LogP contribution in [0.3, 0.4) is 0 Å². The van der Waals surface area contributed by atoms with E-state index in [2.05, 4.69) is 5.16 Å². The molecule has 0 amide bonds. The molecule has 2 N–H and O–H groups in total. The summed E-state index contributed by atoms with van der Waals surface area (Å²) in [7, 11) is 1.37. The number of hydrogen-bond acceptors (Lipinski definition) is 4. The Morgan fingerprint density at radius 1 is 1.03 bits per heavy atom. The van der Waals surface area contributed by atoms with Crippen LogP contribution in [0.2, 0.25) is 0 Å². The van der Waals surface area contributed by atoms with Gasteiger partial charge in [0.05, 0.1) is 22.7 Å². The molecule has 0 aliphatic carbocycles. The van der Waals surface area contributed by atoms with Crippen LogP contribution in [0.1, 0.15) is 29.9 Å². The Balaban J connectivity index is 2.20. The molecule has 4 rings (SSSR count). The lowest BCUT2D eigenvalue weighted by atomic mass is 9.85. The number of aromatic hydroxyl groups is 1. The second-order valence-corrected chi connectivity index (χ2v) is 8.50. The van der Waals surface area contributed by atoms with E-state index in [9.17, 15) is 28.2 Å². The van der Waals surface area contributed by atoms with E-state index in [1.54, 1.807) is 26.0 Å². The Morgan fingerprint density at radius 3 is 2.31 bits per heavy atom. The van der Waals surface area contributed by atoms with Crippen molar-refractivity contribution in [3.05, 3.63) is 83.3 Å². The van der Waals surface area contributed by atoms with Gasteiger partial charge in [-0.15, -0.1) is 0 Å². The van der Waals surface area contributed by atoms with Crippen molar-refractivity contribution < 1.29 is 33.0 Å². The monoisotopic (exact) mass is 482 g/mol. The molecule has 0 fully saturated rings. The minimum atomic E-state index is -1.11. The molecule has 0 saturated carbocycles. The number of halogens is 3. The van der Waals surface area contributed by atoms with Crippen molar-refractivity contribution in [2.24, 2.45) is 5.16 Å². The number of phenolic OH excluding ortho intramolecular Hbond substituents is 1. The third-order valence-electron chi connectivity index (χ3n) is 5.69. The van der Waals surface area contributed by atoms with Crippen molar-refractivity contribution in [3.8, 4) is 22.6 Å². The number of phenols is 1. The van der Waals surface area contributed by atoms with Crippen LogP contribution in [0.5, 0.6) is 5.75 Å². The van der Waals surface area contributed by atoms with Crippen LogP contribution in [0.25, 0.3) is 27.7 Å². The second-order valence-electron chi connectivity index (χ2n) is 8.50. The van der Waals surface area contributed by atoms with Crippen molar-refractivity contribution in [1.82, 2.24) is 4.57 Å². The van der Waals surface area contributed by atoms with Gasteiger partial charge in [-0.1, -0.05) is 17.3 Å². The fraction of sp³-hybridized carbons (Fsp3) is 0.154. The van der Waals surface area contributed by atoms with Crippen molar-refractivity contribution in [2.45, 2.75) is 19.3 Å². The van der Waals surface area contributed by atoms with E-state index in [0.29, 0.717) is 16.8 Å². The van der Waals surface area contributed by atoms with Crippen LogP contribution in [0.4, 0.5) is 13.2 Å². The van der Waals surface area contributed by atoms with Gasteiger partial charge in [0.25, 0.3) is 0 Å². The van der Waals surface area contributed by atoms with Gasteiger partial charge in [-0.3, -0.25) is 0 Å². The second kappa shape index (κ2) is 8.83. The molecular formula is C26H21F3N2O4. The smallest absolute Gasteiger partial charge is 0.335 e. The van der Waals surface area contributed by atoms with Crippen LogP contribution >= 0.6 is 0 Å². The summed E-state index contributed by atoms with van der Waals surface area (Å²) in [6.07, 6.45) is 1.49. The summed E-state index contributed by atoms with van der Waals surface area (Å²) >= 11 is 0. The SMILES string of the molecule is CO/N=C/C(C)(C)c1c(-c2ccc(C(=O)O)cc2)c2c(O)cc(F)cc2n1-c1ccc(F)c(F)c1. The number of aromatic nitrogens is 1. The van der Waals surface area contributed by atoms with Gasteiger partial charge in [-0.05, 0) is 49.7 Å². The highest BCUT2D eigenvalue weighted by Gasteiger charge is 2.33. The molecule has 0 bridgehead atoms. The fourth-order valence-corrected chi connectivity index (χ4v) is 4.17. The highest BCUT2D eigenvalue weighted by molar-refractivity contribution is 6.05. The number of carboxylic acid groups (broad SMARTS) is 1. The maximum atomic E-state index is 14.5. The summed E-state index contributed by atoms with van der Waals surface area (Å²) < 4.78 is 44.1. The molecule has 3 aromatic carbocycles. The highest BCUT2D eigenvalue weighted by Crippen LogP contribution is 2.46. The number of carbonyl (C=O) groups is 1. The van der Waals surface area contributed by atoms with Crippen LogP contribution in [-0.4, -0.2) is 34.1 Å². The average molecular weight is 482 g/mol. The zero-order valence-corrected chi connectivity index (χ0v) is 19.0. The standard InChI is InChI=1S/C26H21F3N2O4/c1-26(2,13-30-35-3)24-22(14-4-6-15(7-5-14)25(33)34)23-20(10-16(27)11-21(23)32)31(24)17-8-9-18(28)19(29)12-17/h4-13,32H,1-3H3,(H,33,34)/b30-13+. The van der Waals surface area contributed by atoms with Crippen LogP contribution < -0.4 is 0 Å². The largest absolute Gasteiger partial charge is 0.507 e. The van der Waals surface area contributed by atoms with Gasteiger partial charge in [0.15, 0.2) is 11.6 Å². The molecule has 0 saturated heterocycles. The van der Waals surface area contributed by atoms with E-state index < -0.39 is 28.8 Å². The first-order chi connectivity index (χ1) is 16.5. The average Bonchev–Trinajstić information content (AvgIpc) is 3.16. The molecule has 0 radical (unpaired) electrons. The quantitative estimate of drug-likeness (QED) is 0.260. The highest BCUT2D eigenvalue weighted by atomic mass is 19.2. The van der Waals surface area contributed by atoms with Gasteiger partial charge in [0.1, 0.15) is 18.7 Å². The predicted octanol–water partition coefficient (Wildman–Crippen LogP) is 6.03. The normalized spacial score (nSPS) is 11.9. The Bertz CT molecular complexity index is 1470. The van der Waals surface area contributed by atoms with E-state index in [-0.39, 0.29) is 27.9 Å². The van der Waals surface area contributed by atoms with E-state index in [4.69, 9.17) is 4.84 Å². The third kappa shape index (κ3) is 4.21. The molecule has 0 aliphatic heterocycles. The first-order valence-electron chi connectivity index (χ1n) is 10.5. The lowest BCUT2D eigenvalue weighted by Crippen LogP contribution is -2.24. The van der Waals surface area contributed by atoms with Gasteiger partial charge < -0.3 is 19.6 Å². The van der Waals surface area contributed by atoms with E-state index in [1.807, 2.05) is 0 Å². The topological polar surface area (TPSA) is 84.1 Å². The van der Waals surface area contributed by atoms with Crippen molar-refractivity contribution >= 4 is 23.1 Å². The van der Waals surface area contributed by atoms with Gasteiger partial charge >= 0.3 is 5.97 Å². The number of hydrogen-bond donors (Lipinski definition) is 2. The lowest BCUT2D eigenvalue weighted by molar-refractivity contribution is 0.0697. The van der Waals surface area contributed by atoms with Crippen molar-refractivity contribution in [3.63, 3.8) is 0 Å². The van der Waals surface area contributed by atoms with Gasteiger partial charge in [0, 0.05) is 34.5 Å². The molecule has 1 heterocycles. The molecule has 9 heteroatoms. The fourth-order valence-electron chi connectivity index (χ4n) is 4.17. The molecule has 180 valence electrons. The molecule has 0 aliphatic rings. The van der Waals surface area contributed by atoms with Crippen LogP contribution in [0, 0.1) is 17.5 Å². The molecule has 35 heavy (non-hydrogen) atoms. The first-order valence-corrected chi connectivity index (χ1v) is 10.5. The summed E-state index contributed by atoms with van der Waals surface area (Å²) in [5.41, 5.74) is 0.868. The zero-order chi connectivity index (χ0) is 25.5. The minimum absolute atomic E-state index is 0.0510. The summed E-state index contributed by atoms with van der Waals surface area (Å²) in [6, 6.07) is 11.3. The molecule has 0 spiro atoms. The third-order valence-corrected chi connectivity index (χ3v) is 5.69. The van der Waals surface area contributed by atoms with Gasteiger partial charge in [-0.25, -0.2) is 18.0 Å². The van der Waals surface area contributed by atoms with Gasteiger partial charge in [0.2, 0.25) is 0 Å². The number of benzene rings is 3. The summed E-state index contributed by atoms with van der Waals surface area (Å²) in [4.78, 5) is 16.2. The Morgan fingerprint density at radius 2 is 1.71 bits per heavy atom. The van der Waals surface area contributed by atoms with Crippen molar-refractivity contribution in [1.29, 1.82) is 0 Å². The first kappa shape index (κ1) is 23.9. The number of oxime groups is 1. The maximum Gasteiger partial charge on any atom is 0.335 e. The molecule has 0 atom stereocenters. The Hall–Kier alpha value is -4.27. The van der Waals surface area contributed by atoms with E-state index in [0.717, 1.165) is 18.2 Å².